The molecule has 0 fully saturated rings. The highest BCUT2D eigenvalue weighted by atomic mass is 16.6. The smallest absolute Gasteiger partial charge is 0.420 e. The Bertz CT molecular complexity index is 662. The molecule has 7 nitrogen and oxygen atoms in total. The van der Waals surface area contributed by atoms with Crippen LogP contribution in [0, 0.1) is 0 Å². The minimum Gasteiger partial charge on any atom is -0.496 e. The van der Waals surface area contributed by atoms with Crippen molar-refractivity contribution < 1.29 is 28.5 Å². The van der Waals surface area contributed by atoms with Crippen LogP contribution in [-0.2, 0) is 9.47 Å². The Labute approximate surface area is 167 Å². The number of hydrogen-bond acceptors (Lipinski definition) is 6. The largest absolute Gasteiger partial charge is 0.496 e. The molecule has 0 saturated carbocycles. The van der Waals surface area contributed by atoms with Gasteiger partial charge in [0.15, 0.2) is 0 Å². The number of carbonyl (C=O) groups is 2. The second-order valence-electron chi connectivity index (χ2n) is 8.05. The summed E-state index contributed by atoms with van der Waals surface area (Å²) in [5, 5.41) is 0. The monoisotopic (exact) mass is 393 g/mol. The zero-order valence-corrected chi connectivity index (χ0v) is 18.0. The fourth-order valence-electron chi connectivity index (χ4n) is 2.18. The third-order valence-electron chi connectivity index (χ3n) is 3.27. The Hall–Kier alpha value is -2.70. The first-order chi connectivity index (χ1) is 12.9. The highest BCUT2D eigenvalue weighted by molar-refractivity contribution is 5.88. The molecule has 0 aromatic heterocycles. The second-order valence-corrected chi connectivity index (χ2v) is 8.05. The Morgan fingerprint density at radius 1 is 0.893 bits per heavy atom. The van der Waals surface area contributed by atoms with Crippen LogP contribution >= 0.6 is 0 Å². The molecule has 2 amide bonds. The molecule has 1 rings (SSSR count). The first-order valence-electron chi connectivity index (χ1n) is 8.99. The Morgan fingerprint density at radius 3 is 1.68 bits per heavy atom. The van der Waals surface area contributed by atoms with Crippen molar-refractivity contribution in [2.75, 3.05) is 20.8 Å². The van der Waals surface area contributed by atoms with Crippen molar-refractivity contribution >= 4 is 18.3 Å². The van der Waals surface area contributed by atoms with Crippen LogP contribution in [0.4, 0.5) is 9.59 Å². The molecule has 28 heavy (non-hydrogen) atoms. The zero-order chi connectivity index (χ0) is 21.5. The maximum Gasteiger partial charge on any atom is 0.420 e. The van der Waals surface area contributed by atoms with Gasteiger partial charge >= 0.3 is 12.2 Å². The fourth-order valence-corrected chi connectivity index (χ4v) is 2.18. The summed E-state index contributed by atoms with van der Waals surface area (Å²) < 4.78 is 21.3. The van der Waals surface area contributed by atoms with Gasteiger partial charge in [0.05, 0.1) is 26.3 Å². The predicted molar refractivity (Wildman–Crippen MR) is 108 cm³/mol. The van der Waals surface area contributed by atoms with Gasteiger partial charge < -0.3 is 18.9 Å². The highest BCUT2D eigenvalue weighted by Crippen LogP contribution is 2.29. The van der Waals surface area contributed by atoms with Crippen LogP contribution in [0.2, 0.25) is 0 Å². The van der Waals surface area contributed by atoms with Gasteiger partial charge in [-0.15, -0.1) is 0 Å². The lowest BCUT2D eigenvalue weighted by molar-refractivity contribution is 0.00377. The lowest BCUT2D eigenvalue weighted by Gasteiger charge is -2.28. The molecular formula is C21H31NO6. The van der Waals surface area contributed by atoms with E-state index in [0.29, 0.717) is 17.1 Å². The third-order valence-corrected chi connectivity index (χ3v) is 3.27. The lowest BCUT2D eigenvalue weighted by atomic mass is 10.1. The van der Waals surface area contributed by atoms with Gasteiger partial charge in [0, 0.05) is 0 Å². The summed E-state index contributed by atoms with van der Waals surface area (Å²) in [7, 11) is 3.11. The first kappa shape index (κ1) is 23.3. The van der Waals surface area contributed by atoms with Crippen molar-refractivity contribution in [3.05, 3.63) is 29.8 Å². The Kier molecular flexibility index (Phi) is 7.90. The van der Waals surface area contributed by atoms with Gasteiger partial charge in [-0.1, -0.05) is 12.1 Å². The number of ether oxygens (including phenoxy) is 4. The molecular weight excluding hydrogens is 362 g/mol. The molecule has 0 atom stereocenters. The lowest BCUT2D eigenvalue weighted by Crippen LogP contribution is -2.43. The minimum absolute atomic E-state index is 0.0367. The van der Waals surface area contributed by atoms with E-state index in [4.69, 9.17) is 18.9 Å². The summed E-state index contributed by atoms with van der Waals surface area (Å²) in [5.74, 6) is 1.22. The molecule has 0 radical (unpaired) electrons. The number of methoxy groups -OCH3 is 2. The summed E-state index contributed by atoms with van der Waals surface area (Å²) in [5.41, 5.74) is -0.791. The van der Waals surface area contributed by atoms with E-state index in [1.54, 1.807) is 80.0 Å². The van der Waals surface area contributed by atoms with E-state index < -0.39 is 23.4 Å². The van der Waals surface area contributed by atoms with Crippen LogP contribution < -0.4 is 9.47 Å². The molecule has 1 aromatic rings. The zero-order valence-electron chi connectivity index (χ0n) is 18.0. The second kappa shape index (κ2) is 9.48. The number of imide groups is 1. The number of carbonyl (C=O) groups excluding carboxylic acids is 2. The van der Waals surface area contributed by atoms with Gasteiger partial charge in [-0.3, -0.25) is 0 Å². The van der Waals surface area contributed by atoms with Crippen molar-refractivity contribution in [2.24, 2.45) is 0 Å². The number of benzene rings is 1. The Morgan fingerprint density at radius 2 is 1.32 bits per heavy atom. The normalized spacial score (nSPS) is 11.9. The maximum absolute atomic E-state index is 12.5. The number of hydrogen-bond donors (Lipinski definition) is 0. The van der Waals surface area contributed by atoms with Gasteiger partial charge in [0.2, 0.25) is 0 Å². The average Bonchev–Trinajstić information content (AvgIpc) is 2.55. The molecule has 0 heterocycles. The SMILES string of the molecule is COc1cccc(OC)c1/C=C/CN(C(=O)OC(C)(C)C)C(=O)OC(C)(C)C. The van der Waals surface area contributed by atoms with Crippen LogP contribution in [0.15, 0.2) is 24.3 Å². The minimum atomic E-state index is -0.779. The van der Waals surface area contributed by atoms with E-state index in [-0.39, 0.29) is 6.54 Å². The van der Waals surface area contributed by atoms with Crippen molar-refractivity contribution in [1.82, 2.24) is 4.90 Å². The van der Waals surface area contributed by atoms with Crippen LogP contribution in [0.1, 0.15) is 47.1 Å². The molecule has 0 N–H and O–H groups in total. The summed E-state index contributed by atoms with van der Waals surface area (Å²) >= 11 is 0. The molecule has 1 aromatic carbocycles. The van der Waals surface area contributed by atoms with Crippen molar-refractivity contribution in [3.63, 3.8) is 0 Å². The van der Waals surface area contributed by atoms with Gasteiger partial charge in [0.1, 0.15) is 22.7 Å². The van der Waals surface area contributed by atoms with Crippen molar-refractivity contribution in [2.45, 2.75) is 52.7 Å². The fraction of sp³-hybridized carbons (Fsp3) is 0.524. The molecule has 0 spiro atoms. The number of amides is 2. The van der Waals surface area contributed by atoms with Gasteiger partial charge in [0.25, 0.3) is 0 Å². The van der Waals surface area contributed by atoms with Crippen LogP contribution in [-0.4, -0.2) is 49.1 Å². The van der Waals surface area contributed by atoms with Crippen LogP contribution in [0.25, 0.3) is 6.08 Å². The van der Waals surface area contributed by atoms with Gasteiger partial charge in [-0.05, 0) is 59.8 Å². The molecule has 0 aliphatic heterocycles. The number of rotatable bonds is 5. The highest BCUT2D eigenvalue weighted by Gasteiger charge is 2.30. The molecule has 0 bridgehead atoms. The third kappa shape index (κ3) is 7.50. The van der Waals surface area contributed by atoms with Crippen molar-refractivity contribution in [3.8, 4) is 11.5 Å². The van der Waals surface area contributed by atoms with E-state index >= 15 is 0 Å². The summed E-state index contributed by atoms with van der Waals surface area (Å²) in [6.07, 6.45) is 1.81. The van der Waals surface area contributed by atoms with E-state index in [9.17, 15) is 9.59 Å². The first-order valence-corrected chi connectivity index (χ1v) is 8.99. The van der Waals surface area contributed by atoms with E-state index in [2.05, 4.69) is 0 Å². The standard InChI is InChI=1S/C21H31NO6/c1-20(2,3)27-18(23)22(19(24)28-21(4,5)6)14-10-11-15-16(25-7)12-9-13-17(15)26-8/h9-13H,14H2,1-8H3/b11-10+. The molecule has 0 unspecified atom stereocenters. The maximum atomic E-state index is 12.5. The summed E-state index contributed by atoms with van der Waals surface area (Å²) in [6.45, 7) is 10.3. The number of nitrogens with zero attached hydrogens (tertiary/aromatic N) is 1. The summed E-state index contributed by atoms with van der Waals surface area (Å²) in [6, 6.07) is 5.39. The molecule has 0 saturated heterocycles. The van der Waals surface area contributed by atoms with E-state index in [1.165, 1.54) is 0 Å². The van der Waals surface area contributed by atoms with Gasteiger partial charge in [-0.25, -0.2) is 14.5 Å². The van der Waals surface area contributed by atoms with E-state index in [0.717, 1.165) is 4.90 Å². The van der Waals surface area contributed by atoms with Crippen LogP contribution in [0.3, 0.4) is 0 Å². The summed E-state index contributed by atoms with van der Waals surface area (Å²) in [4.78, 5) is 25.9. The quantitative estimate of drug-likeness (QED) is 0.709. The van der Waals surface area contributed by atoms with Gasteiger partial charge in [-0.2, -0.15) is 0 Å². The Balaban J connectivity index is 3.09. The molecule has 7 heteroatoms. The van der Waals surface area contributed by atoms with Crippen molar-refractivity contribution in [1.29, 1.82) is 0 Å². The predicted octanol–water partition coefficient (Wildman–Crippen LogP) is 4.89. The van der Waals surface area contributed by atoms with Crippen LogP contribution in [0.5, 0.6) is 11.5 Å². The van der Waals surface area contributed by atoms with E-state index in [1.807, 2.05) is 6.07 Å². The molecule has 0 aliphatic carbocycles. The molecule has 156 valence electrons. The average molecular weight is 393 g/mol. The topological polar surface area (TPSA) is 74.3 Å². The molecule has 0 aliphatic rings.